The van der Waals surface area contributed by atoms with Crippen LogP contribution in [0.2, 0.25) is 0 Å². The maximum atomic E-state index is 13.3. The fourth-order valence-electron chi connectivity index (χ4n) is 4.30. The van der Waals surface area contributed by atoms with E-state index >= 15 is 0 Å². The van der Waals surface area contributed by atoms with E-state index in [1.54, 1.807) is 54.6 Å². The lowest BCUT2D eigenvalue weighted by atomic mass is 10.1. The van der Waals surface area contributed by atoms with Crippen LogP contribution in [-0.2, 0) is 9.59 Å². The van der Waals surface area contributed by atoms with Crippen molar-refractivity contribution in [2.75, 3.05) is 16.4 Å². The molecular weight excluding hydrogens is 576 g/mol. The number of anilines is 2. The van der Waals surface area contributed by atoms with Gasteiger partial charge in [-0.05, 0) is 71.6 Å². The third-order valence-electron chi connectivity index (χ3n) is 6.49. The molecule has 0 atom stereocenters. The van der Waals surface area contributed by atoms with Crippen LogP contribution in [0.3, 0.4) is 0 Å². The largest absolute Gasteiger partial charge is 0.325 e. The van der Waals surface area contributed by atoms with Gasteiger partial charge in [0.1, 0.15) is 5.70 Å². The third kappa shape index (κ3) is 7.75. The molecule has 44 heavy (non-hydrogen) atoms. The van der Waals surface area contributed by atoms with Crippen molar-refractivity contribution < 1.29 is 19.3 Å². The summed E-state index contributed by atoms with van der Waals surface area (Å²) in [4.78, 5) is 50.1. The van der Waals surface area contributed by atoms with Crippen LogP contribution in [0.25, 0.3) is 16.8 Å². The number of non-ortho nitro benzene ring substituents is 1. The van der Waals surface area contributed by atoms with Crippen molar-refractivity contribution in [3.8, 4) is 0 Å². The summed E-state index contributed by atoms with van der Waals surface area (Å²) in [7, 11) is 0. The molecule has 3 amide bonds. The van der Waals surface area contributed by atoms with E-state index in [9.17, 15) is 24.5 Å². The van der Waals surface area contributed by atoms with Gasteiger partial charge in [0.25, 0.3) is 17.5 Å². The van der Waals surface area contributed by atoms with Gasteiger partial charge < -0.3 is 16.0 Å². The molecule has 0 saturated carbocycles. The van der Waals surface area contributed by atoms with Gasteiger partial charge in [0.05, 0.1) is 10.7 Å². The minimum Gasteiger partial charge on any atom is -0.325 e. The van der Waals surface area contributed by atoms with Gasteiger partial charge in [-0.25, -0.2) is 0 Å². The first-order valence-corrected chi connectivity index (χ1v) is 14.5. The zero-order valence-corrected chi connectivity index (χ0v) is 24.0. The maximum absolute atomic E-state index is 13.3. The van der Waals surface area contributed by atoms with Crippen molar-refractivity contribution in [1.29, 1.82) is 0 Å². The number of carbonyl (C=O) groups excluding carboxylic acids is 3. The van der Waals surface area contributed by atoms with Crippen LogP contribution in [0.15, 0.2) is 132 Å². The fourth-order valence-corrected chi connectivity index (χ4v) is 5.00. The molecule has 0 bridgehead atoms. The summed E-state index contributed by atoms with van der Waals surface area (Å²) in [5.41, 5.74) is 1.94. The second kappa shape index (κ2) is 14.0. The number of nitro groups is 1. The number of hydrogen-bond donors (Lipinski definition) is 3. The number of benzene rings is 5. The third-order valence-corrected chi connectivity index (χ3v) is 7.50. The quantitative estimate of drug-likeness (QED) is 0.0691. The first-order chi connectivity index (χ1) is 21.4. The molecule has 0 aliphatic rings. The van der Waals surface area contributed by atoms with Crippen molar-refractivity contribution >= 4 is 63.4 Å². The Morgan fingerprint density at radius 3 is 2.16 bits per heavy atom. The van der Waals surface area contributed by atoms with Gasteiger partial charge in [-0.2, -0.15) is 0 Å². The van der Waals surface area contributed by atoms with Crippen LogP contribution in [0, 0.1) is 10.1 Å². The molecule has 0 fully saturated rings. The predicted molar refractivity (Wildman–Crippen MR) is 173 cm³/mol. The Morgan fingerprint density at radius 1 is 0.750 bits per heavy atom. The summed E-state index contributed by atoms with van der Waals surface area (Å²) in [5.74, 6) is -1.01. The number of nitro benzene ring substituents is 1. The summed E-state index contributed by atoms with van der Waals surface area (Å²) in [6.07, 6.45) is 1.44. The second-order valence-corrected chi connectivity index (χ2v) is 10.6. The number of nitrogens with one attached hydrogen (secondary N) is 3. The molecule has 5 rings (SSSR count). The van der Waals surface area contributed by atoms with E-state index in [0.717, 1.165) is 21.4 Å². The lowest BCUT2D eigenvalue weighted by molar-refractivity contribution is -0.384. The Kier molecular flexibility index (Phi) is 9.43. The van der Waals surface area contributed by atoms with Gasteiger partial charge >= 0.3 is 0 Å². The summed E-state index contributed by atoms with van der Waals surface area (Å²) in [5, 5.41) is 21.4. The number of amides is 3. The van der Waals surface area contributed by atoms with Crippen molar-refractivity contribution in [3.63, 3.8) is 0 Å². The number of rotatable bonds is 10. The molecule has 5 aromatic rings. The Hall–Kier alpha value is -5.74. The summed E-state index contributed by atoms with van der Waals surface area (Å²) >= 11 is 1.36. The molecule has 0 saturated heterocycles. The first kappa shape index (κ1) is 29.7. The first-order valence-electron chi connectivity index (χ1n) is 13.5. The number of thioether (sulfide) groups is 1. The van der Waals surface area contributed by atoms with Gasteiger partial charge in [-0.15, -0.1) is 11.8 Å². The summed E-state index contributed by atoms with van der Waals surface area (Å²) in [6, 6.07) is 34.6. The van der Waals surface area contributed by atoms with Crippen LogP contribution in [0.4, 0.5) is 17.1 Å². The number of fused-ring (bicyclic) bond motifs is 1. The highest BCUT2D eigenvalue weighted by atomic mass is 32.2. The molecule has 0 heterocycles. The van der Waals surface area contributed by atoms with E-state index in [0.29, 0.717) is 16.8 Å². The Balaban J connectivity index is 1.24. The molecule has 0 aromatic heterocycles. The molecule has 0 aliphatic carbocycles. The number of hydrogen-bond acceptors (Lipinski definition) is 6. The zero-order valence-electron chi connectivity index (χ0n) is 23.2. The lowest BCUT2D eigenvalue weighted by Gasteiger charge is -2.12. The van der Waals surface area contributed by atoms with Gasteiger partial charge in [0.15, 0.2) is 0 Å². The number of carbonyl (C=O) groups is 3. The smallest absolute Gasteiger partial charge is 0.272 e. The van der Waals surface area contributed by atoms with Gasteiger partial charge in [-0.1, -0.05) is 54.6 Å². The topological polar surface area (TPSA) is 130 Å². The SMILES string of the molecule is O=C(CSc1ccc(NC(=O)/C(=C/c2ccc([N+](=O)[O-])cc2)NC(=O)c2ccccc2)cc1)Nc1cccc2ccccc12. The maximum Gasteiger partial charge on any atom is 0.272 e. The van der Waals surface area contributed by atoms with Crippen LogP contribution >= 0.6 is 11.8 Å². The average molecular weight is 603 g/mol. The predicted octanol–water partition coefficient (Wildman–Crippen LogP) is 6.89. The van der Waals surface area contributed by atoms with Gasteiger partial charge in [0.2, 0.25) is 5.91 Å². The molecule has 5 aromatic carbocycles. The van der Waals surface area contributed by atoms with Crippen LogP contribution in [-0.4, -0.2) is 28.4 Å². The van der Waals surface area contributed by atoms with Crippen LogP contribution < -0.4 is 16.0 Å². The molecular formula is C34H26N4O5S. The molecule has 0 unspecified atom stereocenters. The van der Waals surface area contributed by atoms with Gasteiger partial charge in [0, 0.05) is 39.4 Å². The zero-order chi connectivity index (χ0) is 30.9. The Labute approximate surface area is 257 Å². The molecule has 10 heteroatoms. The lowest BCUT2D eigenvalue weighted by Crippen LogP contribution is -2.30. The van der Waals surface area contributed by atoms with E-state index < -0.39 is 16.7 Å². The van der Waals surface area contributed by atoms with Crippen molar-refractivity contribution in [2.45, 2.75) is 4.90 Å². The highest BCUT2D eigenvalue weighted by Gasteiger charge is 2.16. The molecule has 9 nitrogen and oxygen atoms in total. The van der Waals surface area contributed by atoms with Crippen molar-refractivity contribution in [1.82, 2.24) is 5.32 Å². The van der Waals surface area contributed by atoms with E-state index in [2.05, 4.69) is 16.0 Å². The van der Waals surface area contributed by atoms with Gasteiger partial charge in [-0.3, -0.25) is 24.5 Å². The second-order valence-electron chi connectivity index (χ2n) is 9.57. The van der Waals surface area contributed by atoms with Crippen molar-refractivity contribution in [3.05, 3.63) is 148 Å². The highest BCUT2D eigenvalue weighted by Crippen LogP contribution is 2.25. The summed E-state index contributed by atoms with van der Waals surface area (Å²) in [6.45, 7) is 0. The molecule has 3 N–H and O–H groups in total. The standard InChI is InChI=1S/C34H26N4O5S/c39-32(36-30-12-6-10-24-7-4-5-11-29(24)30)22-44-28-19-15-26(16-20-28)35-34(41)31(37-33(40)25-8-2-1-3-9-25)21-23-13-17-27(18-14-23)38(42)43/h1-21H,22H2,(H,35,41)(H,36,39)(H,37,40)/b31-21-. The summed E-state index contributed by atoms with van der Waals surface area (Å²) < 4.78 is 0. The highest BCUT2D eigenvalue weighted by molar-refractivity contribution is 8.00. The fraction of sp³-hybridized carbons (Fsp3) is 0.0294. The van der Waals surface area contributed by atoms with Crippen LogP contribution in [0.5, 0.6) is 0 Å². The Bertz CT molecular complexity index is 1850. The minimum atomic E-state index is -0.581. The molecule has 0 spiro atoms. The van der Waals surface area contributed by atoms with E-state index in [4.69, 9.17) is 0 Å². The average Bonchev–Trinajstić information content (AvgIpc) is 3.05. The van der Waals surface area contributed by atoms with E-state index in [-0.39, 0.29) is 23.0 Å². The molecule has 218 valence electrons. The minimum absolute atomic E-state index is 0.0451. The Morgan fingerprint density at radius 2 is 1.43 bits per heavy atom. The normalized spacial score (nSPS) is 11.0. The molecule has 0 radical (unpaired) electrons. The number of nitrogens with zero attached hydrogens (tertiary/aromatic N) is 1. The van der Waals surface area contributed by atoms with E-state index in [1.165, 1.54) is 42.1 Å². The van der Waals surface area contributed by atoms with Crippen molar-refractivity contribution in [2.24, 2.45) is 0 Å². The molecule has 0 aliphatic heterocycles. The monoisotopic (exact) mass is 602 g/mol. The van der Waals surface area contributed by atoms with E-state index in [1.807, 2.05) is 42.5 Å². The van der Waals surface area contributed by atoms with Crippen LogP contribution in [0.1, 0.15) is 15.9 Å².